The molecule has 0 fully saturated rings. The van der Waals surface area contributed by atoms with Gasteiger partial charge in [-0.05, 0) is 31.0 Å². The van der Waals surface area contributed by atoms with Gasteiger partial charge in [0.15, 0.2) is 0 Å². The molecule has 0 amide bonds. The molecule has 4 nitrogen and oxygen atoms in total. The Morgan fingerprint density at radius 1 is 1.19 bits per heavy atom. The van der Waals surface area contributed by atoms with E-state index in [4.69, 9.17) is 0 Å². The van der Waals surface area contributed by atoms with Crippen LogP contribution in [0.2, 0.25) is 0 Å². The maximum atomic E-state index is 13.7. The Morgan fingerprint density at radius 2 is 1.90 bits per heavy atom. The highest BCUT2D eigenvalue weighted by atomic mass is 19.1. The second-order valence-electron chi connectivity index (χ2n) is 4.75. The van der Waals surface area contributed by atoms with Crippen LogP contribution in [0.5, 0.6) is 0 Å². The predicted octanol–water partition coefficient (Wildman–Crippen LogP) is 4.10. The maximum absolute atomic E-state index is 13.7. The summed E-state index contributed by atoms with van der Waals surface area (Å²) in [5.74, 6) is -1.06. The molecule has 2 rings (SSSR count). The van der Waals surface area contributed by atoms with Gasteiger partial charge < -0.3 is 5.32 Å². The molecule has 0 radical (unpaired) electrons. The third-order valence-electron chi connectivity index (χ3n) is 3.33. The molecule has 6 heteroatoms. The molecule has 0 aliphatic rings. The van der Waals surface area contributed by atoms with Crippen molar-refractivity contribution in [1.82, 2.24) is 0 Å². The summed E-state index contributed by atoms with van der Waals surface area (Å²) in [5, 5.41) is 13.6. The van der Waals surface area contributed by atoms with Gasteiger partial charge in [0.1, 0.15) is 11.6 Å². The standard InChI is InChI=1S/C15H14F2N2O2/c1-9-6-13(17)14(7-12(9)16)18-8-11-4-3-5-15(10(11)2)19(20)21/h3-7,18H,8H2,1-2H3. The Balaban J connectivity index is 2.23. The second kappa shape index (κ2) is 5.87. The highest BCUT2D eigenvalue weighted by Crippen LogP contribution is 2.23. The number of nitro groups is 1. The summed E-state index contributed by atoms with van der Waals surface area (Å²) in [4.78, 5) is 10.4. The molecule has 0 saturated heterocycles. The van der Waals surface area contributed by atoms with Gasteiger partial charge in [-0.2, -0.15) is 0 Å². The van der Waals surface area contributed by atoms with Gasteiger partial charge in [0, 0.05) is 24.2 Å². The van der Waals surface area contributed by atoms with E-state index in [9.17, 15) is 18.9 Å². The first-order valence-electron chi connectivity index (χ1n) is 6.32. The lowest BCUT2D eigenvalue weighted by Crippen LogP contribution is -2.05. The largest absolute Gasteiger partial charge is 0.379 e. The number of hydrogen-bond donors (Lipinski definition) is 1. The molecule has 0 aliphatic heterocycles. The van der Waals surface area contributed by atoms with Crippen LogP contribution in [0.3, 0.4) is 0 Å². The lowest BCUT2D eigenvalue weighted by atomic mass is 10.1. The zero-order valence-electron chi connectivity index (χ0n) is 11.6. The van der Waals surface area contributed by atoms with Gasteiger partial charge in [0.2, 0.25) is 0 Å². The van der Waals surface area contributed by atoms with Crippen molar-refractivity contribution in [2.24, 2.45) is 0 Å². The molecule has 2 aromatic rings. The van der Waals surface area contributed by atoms with Crippen molar-refractivity contribution in [3.63, 3.8) is 0 Å². The van der Waals surface area contributed by atoms with Gasteiger partial charge in [0.25, 0.3) is 5.69 Å². The fraction of sp³-hybridized carbons (Fsp3) is 0.200. The summed E-state index contributed by atoms with van der Waals surface area (Å²) in [6.45, 7) is 3.28. The molecule has 110 valence electrons. The quantitative estimate of drug-likeness (QED) is 0.681. The van der Waals surface area contributed by atoms with Crippen molar-refractivity contribution in [1.29, 1.82) is 0 Å². The first kappa shape index (κ1) is 14.9. The third-order valence-corrected chi connectivity index (χ3v) is 3.33. The highest BCUT2D eigenvalue weighted by molar-refractivity contribution is 5.50. The van der Waals surface area contributed by atoms with Gasteiger partial charge in [-0.3, -0.25) is 10.1 Å². The average Bonchev–Trinajstić information content (AvgIpc) is 2.42. The lowest BCUT2D eigenvalue weighted by Gasteiger charge is -2.11. The Kier molecular flexibility index (Phi) is 4.16. The maximum Gasteiger partial charge on any atom is 0.272 e. The molecular formula is C15H14F2N2O2. The van der Waals surface area contributed by atoms with Crippen molar-refractivity contribution in [3.8, 4) is 0 Å². The molecule has 0 spiro atoms. The van der Waals surface area contributed by atoms with E-state index in [0.29, 0.717) is 11.1 Å². The van der Waals surface area contributed by atoms with Crippen LogP contribution in [0.1, 0.15) is 16.7 Å². The zero-order valence-corrected chi connectivity index (χ0v) is 11.6. The van der Waals surface area contributed by atoms with E-state index < -0.39 is 16.6 Å². The third kappa shape index (κ3) is 3.16. The highest BCUT2D eigenvalue weighted by Gasteiger charge is 2.13. The molecule has 1 N–H and O–H groups in total. The minimum absolute atomic E-state index is 0.00450. The molecule has 2 aromatic carbocycles. The summed E-state index contributed by atoms with van der Waals surface area (Å²) in [5.41, 5.74) is 1.42. The number of nitrogens with one attached hydrogen (secondary N) is 1. The van der Waals surface area contributed by atoms with E-state index in [1.54, 1.807) is 19.1 Å². The van der Waals surface area contributed by atoms with Crippen LogP contribution in [0.25, 0.3) is 0 Å². The molecule has 21 heavy (non-hydrogen) atoms. The normalized spacial score (nSPS) is 10.5. The molecule has 0 unspecified atom stereocenters. The van der Waals surface area contributed by atoms with Crippen LogP contribution in [0, 0.1) is 35.6 Å². The van der Waals surface area contributed by atoms with E-state index >= 15 is 0 Å². The number of nitro benzene ring substituents is 1. The van der Waals surface area contributed by atoms with Gasteiger partial charge in [0.05, 0.1) is 10.6 Å². The van der Waals surface area contributed by atoms with Gasteiger partial charge in [-0.25, -0.2) is 8.78 Å². The van der Waals surface area contributed by atoms with E-state index in [0.717, 1.165) is 12.1 Å². The Labute approximate surface area is 120 Å². The molecule has 0 aromatic heterocycles. The number of aryl methyl sites for hydroxylation is 1. The number of rotatable bonds is 4. The smallest absolute Gasteiger partial charge is 0.272 e. The summed E-state index contributed by atoms with van der Waals surface area (Å²) in [7, 11) is 0. The van der Waals surface area contributed by atoms with Gasteiger partial charge in [-0.15, -0.1) is 0 Å². The fourth-order valence-electron chi connectivity index (χ4n) is 2.03. The van der Waals surface area contributed by atoms with Crippen molar-refractivity contribution in [2.75, 3.05) is 5.32 Å². The summed E-state index contributed by atoms with van der Waals surface area (Å²) < 4.78 is 27.1. The van der Waals surface area contributed by atoms with E-state index in [-0.39, 0.29) is 23.5 Å². The van der Waals surface area contributed by atoms with Crippen LogP contribution in [0.15, 0.2) is 30.3 Å². The Bertz CT molecular complexity index is 702. The SMILES string of the molecule is Cc1cc(F)c(NCc2cccc([N+](=O)[O-])c2C)cc1F. The zero-order chi connectivity index (χ0) is 15.6. The number of anilines is 1. The molecule has 0 saturated carbocycles. The lowest BCUT2D eigenvalue weighted by molar-refractivity contribution is -0.385. The second-order valence-corrected chi connectivity index (χ2v) is 4.75. The average molecular weight is 292 g/mol. The summed E-state index contributed by atoms with van der Waals surface area (Å²) in [6, 6.07) is 6.87. The van der Waals surface area contributed by atoms with Crippen molar-refractivity contribution in [3.05, 3.63) is 68.8 Å². The van der Waals surface area contributed by atoms with E-state index in [1.165, 1.54) is 13.0 Å². The number of nitrogens with zero attached hydrogens (tertiary/aromatic N) is 1. The van der Waals surface area contributed by atoms with Crippen molar-refractivity contribution < 1.29 is 13.7 Å². The minimum Gasteiger partial charge on any atom is -0.379 e. The Morgan fingerprint density at radius 3 is 2.57 bits per heavy atom. The summed E-state index contributed by atoms with van der Waals surface area (Å²) in [6.07, 6.45) is 0. The molecule has 0 bridgehead atoms. The summed E-state index contributed by atoms with van der Waals surface area (Å²) >= 11 is 0. The van der Waals surface area contributed by atoms with Gasteiger partial charge >= 0.3 is 0 Å². The van der Waals surface area contributed by atoms with Crippen LogP contribution < -0.4 is 5.32 Å². The molecule has 0 aliphatic carbocycles. The van der Waals surface area contributed by atoms with Crippen molar-refractivity contribution in [2.45, 2.75) is 20.4 Å². The molecule has 0 heterocycles. The van der Waals surface area contributed by atoms with Crippen LogP contribution >= 0.6 is 0 Å². The number of hydrogen-bond acceptors (Lipinski definition) is 3. The van der Waals surface area contributed by atoms with Crippen LogP contribution in [-0.2, 0) is 6.54 Å². The fourth-order valence-corrected chi connectivity index (χ4v) is 2.03. The number of halogens is 2. The van der Waals surface area contributed by atoms with E-state index in [2.05, 4.69) is 5.32 Å². The van der Waals surface area contributed by atoms with E-state index in [1.807, 2.05) is 0 Å². The molecular weight excluding hydrogens is 278 g/mol. The number of benzene rings is 2. The van der Waals surface area contributed by atoms with Crippen molar-refractivity contribution >= 4 is 11.4 Å². The monoisotopic (exact) mass is 292 g/mol. The topological polar surface area (TPSA) is 55.2 Å². The van der Waals surface area contributed by atoms with Crippen LogP contribution in [0.4, 0.5) is 20.2 Å². The van der Waals surface area contributed by atoms with Gasteiger partial charge in [-0.1, -0.05) is 12.1 Å². The first-order chi connectivity index (χ1) is 9.90. The first-order valence-corrected chi connectivity index (χ1v) is 6.32. The van der Waals surface area contributed by atoms with Crippen LogP contribution in [-0.4, -0.2) is 4.92 Å². The predicted molar refractivity (Wildman–Crippen MR) is 76.3 cm³/mol. The minimum atomic E-state index is -0.558. The molecule has 0 atom stereocenters. The Hall–Kier alpha value is -2.50.